The van der Waals surface area contributed by atoms with Crippen molar-refractivity contribution in [2.45, 2.75) is 51.1 Å². The van der Waals surface area contributed by atoms with Crippen LogP contribution in [0, 0.1) is 5.92 Å². The van der Waals surface area contributed by atoms with Crippen molar-refractivity contribution in [2.75, 3.05) is 20.2 Å². The first kappa shape index (κ1) is 21.8. The number of carbonyl (C=O) groups is 4. The SMILES string of the molecule is CC1CCC(N(C)C(=O)COC(=O)CN2C(=O)N[C@@](C)(c3ccccc3)C2=O)CC1. The molecule has 0 radical (unpaired) electrons. The zero-order chi connectivity index (χ0) is 21.9. The summed E-state index contributed by atoms with van der Waals surface area (Å²) in [5.74, 6) is -0.937. The fourth-order valence-corrected chi connectivity index (χ4v) is 4.06. The highest BCUT2D eigenvalue weighted by atomic mass is 16.5. The highest BCUT2D eigenvalue weighted by molar-refractivity contribution is 6.08. The molecule has 1 aliphatic carbocycles. The average molecular weight is 415 g/mol. The molecule has 0 bridgehead atoms. The third kappa shape index (κ3) is 4.47. The second-order valence-corrected chi connectivity index (χ2v) is 8.39. The van der Waals surface area contributed by atoms with Gasteiger partial charge in [-0.3, -0.25) is 19.3 Å². The Morgan fingerprint density at radius 3 is 2.43 bits per heavy atom. The summed E-state index contributed by atoms with van der Waals surface area (Å²) in [6.07, 6.45) is 4.04. The molecule has 1 saturated heterocycles. The van der Waals surface area contributed by atoms with Gasteiger partial charge in [-0.2, -0.15) is 0 Å². The number of benzene rings is 1. The van der Waals surface area contributed by atoms with Gasteiger partial charge in [0.1, 0.15) is 12.1 Å². The van der Waals surface area contributed by atoms with Crippen molar-refractivity contribution in [3.8, 4) is 0 Å². The summed E-state index contributed by atoms with van der Waals surface area (Å²) in [4.78, 5) is 52.2. The van der Waals surface area contributed by atoms with E-state index in [1.54, 1.807) is 43.1 Å². The molecule has 30 heavy (non-hydrogen) atoms. The lowest BCUT2D eigenvalue weighted by molar-refractivity contribution is -0.154. The van der Waals surface area contributed by atoms with Crippen molar-refractivity contribution in [3.63, 3.8) is 0 Å². The van der Waals surface area contributed by atoms with Crippen LogP contribution in [0.15, 0.2) is 30.3 Å². The quantitative estimate of drug-likeness (QED) is 0.567. The number of ether oxygens (including phenoxy) is 1. The lowest BCUT2D eigenvalue weighted by Crippen LogP contribution is -2.43. The molecule has 1 aromatic rings. The lowest BCUT2D eigenvalue weighted by atomic mass is 9.87. The molecule has 0 aromatic heterocycles. The maximum atomic E-state index is 12.8. The largest absolute Gasteiger partial charge is 0.454 e. The number of nitrogens with zero attached hydrogens (tertiary/aromatic N) is 2. The summed E-state index contributed by atoms with van der Waals surface area (Å²) in [6, 6.07) is 8.32. The molecule has 1 heterocycles. The fourth-order valence-electron chi connectivity index (χ4n) is 4.06. The number of urea groups is 1. The lowest BCUT2D eigenvalue weighted by Gasteiger charge is -2.33. The smallest absolute Gasteiger partial charge is 0.326 e. The van der Waals surface area contributed by atoms with E-state index in [-0.39, 0.29) is 11.9 Å². The van der Waals surface area contributed by atoms with E-state index in [1.165, 1.54) is 0 Å². The monoisotopic (exact) mass is 415 g/mol. The Morgan fingerprint density at radius 2 is 1.80 bits per heavy atom. The second-order valence-electron chi connectivity index (χ2n) is 8.39. The van der Waals surface area contributed by atoms with Gasteiger partial charge in [-0.1, -0.05) is 37.3 Å². The van der Waals surface area contributed by atoms with E-state index in [0.717, 1.165) is 30.6 Å². The minimum absolute atomic E-state index is 0.157. The molecule has 1 atom stereocenters. The number of esters is 1. The average Bonchev–Trinajstić information content (AvgIpc) is 2.96. The van der Waals surface area contributed by atoms with Crippen LogP contribution in [-0.4, -0.2) is 59.9 Å². The van der Waals surface area contributed by atoms with Gasteiger partial charge in [-0.25, -0.2) is 4.79 Å². The van der Waals surface area contributed by atoms with Gasteiger partial charge >= 0.3 is 12.0 Å². The van der Waals surface area contributed by atoms with Crippen LogP contribution in [0.4, 0.5) is 4.79 Å². The molecular formula is C22H29N3O5. The minimum atomic E-state index is -1.24. The van der Waals surface area contributed by atoms with Crippen molar-refractivity contribution < 1.29 is 23.9 Å². The van der Waals surface area contributed by atoms with Crippen molar-refractivity contribution in [1.29, 1.82) is 0 Å². The molecule has 1 saturated carbocycles. The zero-order valence-corrected chi connectivity index (χ0v) is 17.7. The number of amides is 4. The van der Waals surface area contributed by atoms with E-state index in [4.69, 9.17) is 4.74 Å². The Balaban J connectivity index is 1.53. The van der Waals surface area contributed by atoms with Crippen LogP contribution >= 0.6 is 0 Å². The number of hydrogen-bond acceptors (Lipinski definition) is 5. The van der Waals surface area contributed by atoms with Gasteiger partial charge in [0, 0.05) is 13.1 Å². The highest BCUT2D eigenvalue weighted by Crippen LogP contribution is 2.29. The Morgan fingerprint density at radius 1 is 1.17 bits per heavy atom. The molecule has 4 amide bonds. The van der Waals surface area contributed by atoms with E-state index in [9.17, 15) is 19.2 Å². The van der Waals surface area contributed by atoms with Crippen LogP contribution in [-0.2, 0) is 24.7 Å². The molecule has 0 spiro atoms. The van der Waals surface area contributed by atoms with E-state index in [0.29, 0.717) is 11.5 Å². The molecular weight excluding hydrogens is 386 g/mol. The summed E-state index contributed by atoms with van der Waals surface area (Å²) >= 11 is 0. The Bertz CT molecular complexity index is 819. The molecule has 2 fully saturated rings. The first-order chi connectivity index (χ1) is 14.2. The number of likely N-dealkylation sites (N-methyl/N-ethyl adjacent to an activating group) is 1. The van der Waals surface area contributed by atoms with Crippen LogP contribution in [0.3, 0.4) is 0 Å². The maximum absolute atomic E-state index is 12.8. The number of rotatable bonds is 6. The van der Waals surface area contributed by atoms with Crippen LogP contribution < -0.4 is 5.32 Å². The summed E-state index contributed by atoms with van der Waals surface area (Å²) in [7, 11) is 1.72. The molecule has 162 valence electrons. The molecule has 8 nitrogen and oxygen atoms in total. The van der Waals surface area contributed by atoms with E-state index >= 15 is 0 Å². The molecule has 3 rings (SSSR count). The van der Waals surface area contributed by atoms with Crippen LogP contribution in [0.2, 0.25) is 0 Å². The normalized spacial score (nSPS) is 26.3. The molecule has 1 aromatic carbocycles. The fraction of sp³-hybridized carbons (Fsp3) is 0.545. The van der Waals surface area contributed by atoms with Crippen LogP contribution in [0.5, 0.6) is 0 Å². The van der Waals surface area contributed by atoms with Gasteiger partial charge in [0.25, 0.3) is 11.8 Å². The number of nitrogens with one attached hydrogen (secondary N) is 1. The Kier molecular flexibility index (Phi) is 6.43. The van der Waals surface area contributed by atoms with Crippen LogP contribution in [0.25, 0.3) is 0 Å². The van der Waals surface area contributed by atoms with Gasteiger partial charge in [0.2, 0.25) is 0 Å². The summed E-state index contributed by atoms with van der Waals surface area (Å²) < 4.78 is 5.07. The highest BCUT2D eigenvalue weighted by Gasteiger charge is 2.49. The van der Waals surface area contributed by atoms with E-state index < -0.39 is 36.6 Å². The first-order valence-corrected chi connectivity index (χ1v) is 10.3. The van der Waals surface area contributed by atoms with Crippen molar-refractivity contribution >= 4 is 23.8 Å². The van der Waals surface area contributed by atoms with Crippen LogP contribution in [0.1, 0.15) is 45.1 Å². The number of hydrogen-bond donors (Lipinski definition) is 1. The summed E-state index contributed by atoms with van der Waals surface area (Å²) in [5, 5.41) is 2.64. The third-order valence-corrected chi connectivity index (χ3v) is 6.20. The topological polar surface area (TPSA) is 96.0 Å². The molecule has 8 heteroatoms. The van der Waals surface area contributed by atoms with E-state index in [2.05, 4.69) is 12.2 Å². The number of carbonyl (C=O) groups excluding carboxylic acids is 4. The van der Waals surface area contributed by atoms with E-state index in [1.807, 2.05) is 6.07 Å². The van der Waals surface area contributed by atoms with Gasteiger partial charge < -0.3 is 15.0 Å². The predicted molar refractivity (Wildman–Crippen MR) is 109 cm³/mol. The summed E-state index contributed by atoms with van der Waals surface area (Å²) in [6.45, 7) is 2.86. The van der Waals surface area contributed by atoms with Gasteiger partial charge in [0.15, 0.2) is 6.61 Å². The molecule has 0 unspecified atom stereocenters. The third-order valence-electron chi connectivity index (χ3n) is 6.20. The first-order valence-electron chi connectivity index (χ1n) is 10.3. The second kappa shape index (κ2) is 8.85. The zero-order valence-electron chi connectivity index (χ0n) is 17.7. The number of imide groups is 1. The van der Waals surface area contributed by atoms with Crippen molar-refractivity contribution in [3.05, 3.63) is 35.9 Å². The Labute approximate surface area is 176 Å². The molecule has 2 aliphatic rings. The molecule has 1 N–H and O–H groups in total. The predicted octanol–water partition coefficient (Wildman–Crippen LogP) is 2.03. The summed E-state index contributed by atoms with van der Waals surface area (Å²) in [5.41, 5.74) is -0.620. The van der Waals surface area contributed by atoms with Gasteiger partial charge in [-0.15, -0.1) is 0 Å². The minimum Gasteiger partial charge on any atom is -0.454 e. The molecule has 1 aliphatic heterocycles. The van der Waals surface area contributed by atoms with Gasteiger partial charge in [0.05, 0.1) is 0 Å². The maximum Gasteiger partial charge on any atom is 0.326 e. The van der Waals surface area contributed by atoms with Gasteiger partial charge in [-0.05, 0) is 44.1 Å². The Hall–Kier alpha value is -2.90. The standard InChI is InChI=1S/C22H29N3O5/c1-15-9-11-17(12-10-15)24(3)18(26)14-30-19(27)13-25-20(28)22(2,23-21(25)29)16-7-5-4-6-8-16/h4-8,15,17H,9-14H2,1-3H3,(H,23,29)/t15?,17?,22-/m0/s1. The van der Waals surface area contributed by atoms with Crippen molar-refractivity contribution in [1.82, 2.24) is 15.1 Å². The van der Waals surface area contributed by atoms with Crippen molar-refractivity contribution in [2.24, 2.45) is 5.92 Å².